The third-order valence-corrected chi connectivity index (χ3v) is 6.49. The van der Waals surface area contributed by atoms with Gasteiger partial charge in [-0.25, -0.2) is 13.2 Å². The van der Waals surface area contributed by atoms with Crippen LogP contribution >= 0.6 is 23.2 Å². The summed E-state index contributed by atoms with van der Waals surface area (Å²) in [6.45, 7) is 3.92. The monoisotopic (exact) mass is 393 g/mol. The Kier molecular flexibility index (Phi) is 6.74. The molecule has 0 atom stereocenters. The van der Waals surface area contributed by atoms with Gasteiger partial charge in [0.05, 0.1) is 14.9 Å². The summed E-state index contributed by atoms with van der Waals surface area (Å²) in [5, 5.41) is 3.35. The van der Waals surface area contributed by atoms with Gasteiger partial charge in [0, 0.05) is 32.7 Å². The van der Waals surface area contributed by atoms with E-state index in [0.717, 1.165) is 12.8 Å². The van der Waals surface area contributed by atoms with E-state index in [1.807, 2.05) is 0 Å². The summed E-state index contributed by atoms with van der Waals surface area (Å²) in [7, 11) is -3.64. The van der Waals surface area contributed by atoms with Crippen LogP contribution in [-0.4, -0.2) is 56.4 Å². The van der Waals surface area contributed by atoms with E-state index in [2.05, 4.69) is 12.2 Å². The van der Waals surface area contributed by atoms with Gasteiger partial charge in [-0.1, -0.05) is 36.5 Å². The maximum Gasteiger partial charge on any atom is 0.317 e. The second-order valence-electron chi connectivity index (χ2n) is 5.55. The smallest absolute Gasteiger partial charge is 0.317 e. The van der Waals surface area contributed by atoms with E-state index in [0.29, 0.717) is 24.7 Å². The molecule has 0 aliphatic carbocycles. The van der Waals surface area contributed by atoms with E-state index in [9.17, 15) is 13.2 Å². The standard InChI is InChI=1S/C15H21Cl2N3O3S/c1-2-3-6-18-15(21)19-7-9-20(10-8-19)24(22,23)12-4-5-13(16)14(17)11-12/h4-5,11H,2-3,6-10H2,1H3,(H,18,21). The summed E-state index contributed by atoms with van der Waals surface area (Å²) in [5.74, 6) is 0. The van der Waals surface area contributed by atoms with Crippen molar-refractivity contribution in [3.8, 4) is 0 Å². The number of piperazine rings is 1. The number of hydrogen-bond acceptors (Lipinski definition) is 3. The lowest BCUT2D eigenvalue weighted by Crippen LogP contribution is -2.53. The molecule has 0 aromatic heterocycles. The van der Waals surface area contributed by atoms with Gasteiger partial charge in [-0.15, -0.1) is 0 Å². The van der Waals surface area contributed by atoms with Gasteiger partial charge < -0.3 is 10.2 Å². The lowest BCUT2D eigenvalue weighted by atomic mass is 10.3. The second-order valence-corrected chi connectivity index (χ2v) is 8.30. The van der Waals surface area contributed by atoms with Crippen LogP contribution in [0.25, 0.3) is 0 Å². The van der Waals surface area contributed by atoms with Gasteiger partial charge in [0.25, 0.3) is 0 Å². The fourth-order valence-electron chi connectivity index (χ4n) is 2.40. The van der Waals surface area contributed by atoms with Crippen molar-refractivity contribution in [2.75, 3.05) is 32.7 Å². The van der Waals surface area contributed by atoms with Crippen LogP contribution in [-0.2, 0) is 10.0 Å². The number of rotatable bonds is 5. The summed E-state index contributed by atoms with van der Waals surface area (Å²) in [6, 6.07) is 4.11. The Labute approximate surface area is 152 Å². The zero-order valence-corrected chi connectivity index (χ0v) is 15.8. The van der Waals surface area contributed by atoms with Crippen LogP contribution in [0.5, 0.6) is 0 Å². The van der Waals surface area contributed by atoms with Crippen molar-refractivity contribution in [3.63, 3.8) is 0 Å². The lowest BCUT2D eigenvalue weighted by molar-refractivity contribution is 0.172. The number of sulfonamides is 1. The molecule has 0 spiro atoms. The maximum absolute atomic E-state index is 12.6. The van der Waals surface area contributed by atoms with E-state index >= 15 is 0 Å². The fourth-order valence-corrected chi connectivity index (χ4v) is 4.21. The molecule has 6 nitrogen and oxygen atoms in total. The normalized spacial score (nSPS) is 16.2. The van der Waals surface area contributed by atoms with Crippen molar-refractivity contribution in [1.82, 2.24) is 14.5 Å². The third-order valence-electron chi connectivity index (χ3n) is 3.86. The van der Waals surface area contributed by atoms with E-state index < -0.39 is 10.0 Å². The largest absolute Gasteiger partial charge is 0.338 e. The molecule has 0 unspecified atom stereocenters. The first kappa shape index (κ1) is 19.3. The Balaban J connectivity index is 1.98. The highest BCUT2D eigenvalue weighted by Gasteiger charge is 2.30. The van der Waals surface area contributed by atoms with Crippen molar-refractivity contribution in [2.24, 2.45) is 0 Å². The van der Waals surface area contributed by atoms with Crippen molar-refractivity contribution >= 4 is 39.3 Å². The number of benzene rings is 1. The highest BCUT2D eigenvalue weighted by atomic mass is 35.5. The van der Waals surface area contributed by atoms with Crippen molar-refractivity contribution < 1.29 is 13.2 Å². The van der Waals surface area contributed by atoms with Crippen LogP contribution < -0.4 is 5.32 Å². The molecule has 24 heavy (non-hydrogen) atoms. The summed E-state index contributed by atoms with van der Waals surface area (Å²) in [4.78, 5) is 13.7. The molecule has 1 aliphatic rings. The Morgan fingerprint density at radius 2 is 1.83 bits per heavy atom. The Morgan fingerprint density at radius 3 is 2.42 bits per heavy atom. The van der Waals surface area contributed by atoms with Gasteiger partial charge in [-0.3, -0.25) is 0 Å². The molecule has 1 aromatic carbocycles. The molecule has 2 rings (SSSR count). The molecule has 1 N–H and O–H groups in total. The van der Waals surface area contributed by atoms with Crippen molar-refractivity contribution in [1.29, 1.82) is 0 Å². The number of hydrogen-bond donors (Lipinski definition) is 1. The molecule has 1 aromatic rings. The molecular weight excluding hydrogens is 373 g/mol. The number of urea groups is 1. The maximum atomic E-state index is 12.6. The van der Waals surface area contributed by atoms with Gasteiger partial charge in [-0.2, -0.15) is 4.31 Å². The van der Waals surface area contributed by atoms with Gasteiger partial charge >= 0.3 is 6.03 Å². The fraction of sp³-hybridized carbons (Fsp3) is 0.533. The van der Waals surface area contributed by atoms with E-state index in [-0.39, 0.29) is 29.0 Å². The molecule has 2 amide bonds. The first-order chi connectivity index (χ1) is 11.4. The lowest BCUT2D eigenvalue weighted by Gasteiger charge is -2.34. The van der Waals surface area contributed by atoms with Crippen LogP contribution in [0.15, 0.2) is 23.1 Å². The topological polar surface area (TPSA) is 69.7 Å². The van der Waals surface area contributed by atoms with Crippen LogP contribution in [0.4, 0.5) is 4.79 Å². The van der Waals surface area contributed by atoms with Gasteiger partial charge in [0.1, 0.15) is 0 Å². The summed E-state index contributed by atoms with van der Waals surface area (Å²) in [6.07, 6.45) is 1.94. The quantitative estimate of drug-likeness (QED) is 0.781. The molecule has 1 fully saturated rings. The van der Waals surface area contributed by atoms with E-state index in [1.165, 1.54) is 22.5 Å². The highest BCUT2D eigenvalue weighted by molar-refractivity contribution is 7.89. The predicted molar refractivity (Wildman–Crippen MR) is 95.1 cm³/mol. The minimum Gasteiger partial charge on any atom is -0.338 e. The average molecular weight is 394 g/mol. The van der Waals surface area contributed by atoms with Gasteiger partial charge in [0.15, 0.2) is 0 Å². The third kappa shape index (κ3) is 4.53. The van der Waals surface area contributed by atoms with Crippen LogP contribution in [0.2, 0.25) is 10.0 Å². The van der Waals surface area contributed by atoms with Crippen LogP contribution in [0, 0.1) is 0 Å². The molecule has 1 aliphatic heterocycles. The number of carbonyl (C=O) groups excluding carboxylic acids is 1. The first-order valence-electron chi connectivity index (χ1n) is 7.84. The summed E-state index contributed by atoms with van der Waals surface area (Å²) < 4.78 is 26.7. The minimum atomic E-state index is -3.64. The van der Waals surface area contributed by atoms with E-state index in [4.69, 9.17) is 23.2 Å². The molecule has 1 saturated heterocycles. The Hall–Kier alpha value is -1.02. The zero-order valence-electron chi connectivity index (χ0n) is 13.5. The molecule has 0 bridgehead atoms. The number of amides is 2. The Bertz CT molecular complexity index is 689. The summed E-state index contributed by atoms with van der Waals surface area (Å²) >= 11 is 11.7. The molecule has 134 valence electrons. The van der Waals surface area contributed by atoms with Gasteiger partial charge in [0.2, 0.25) is 10.0 Å². The second kappa shape index (κ2) is 8.38. The molecular formula is C15H21Cl2N3O3S. The minimum absolute atomic E-state index is 0.109. The highest BCUT2D eigenvalue weighted by Crippen LogP contribution is 2.27. The number of unbranched alkanes of at least 4 members (excludes halogenated alkanes) is 1. The van der Waals surface area contributed by atoms with Gasteiger partial charge in [-0.05, 0) is 24.6 Å². The molecule has 1 heterocycles. The first-order valence-corrected chi connectivity index (χ1v) is 10.0. The average Bonchev–Trinajstić information content (AvgIpc) is 2.57. The van der Waals surface area contributed by atoms with Crippen molar-refractivity contribution in [3.05, 3.63) is 28.2 Å². The Morgan fingerprint density at radius 1 is 1.17 bits per heavy atom. The van der Waals surface area contributed by atoms with E-state index in [1.54, 1.807) is 4.90 Å². The molecule has 0 saturated carbocycles. The van der Waals surface area contributed by atoms with Crippen LogP contribution in [0.1, 0.15) is 19.8 Å². The number of carbonyl (C=O) groups is 1. The van der Waals surface area contributed by atoms with Crippen LogP contribution in [0.3, 0.4) is 0 Å². The summed E-state index contributed by atoms with van der Waals surface area (Å²) in [5.41, 5.74) is 0. The van der Waals surface area contributed by atoms with Crippen molar-refractivity contribution in [2.45, 2.75) is 24.7 Å². The SMILES string of the molecule is CCCCNC(=O)N1CCN(S(=O)(=O)c2ccc(Cl)c(Cl)c2)CC1. The zero-order chi connectivity index (χ0) is 17.7. The number of halogens is 2. The predicted octanol–water partition coefficient (Wildman–Crippen LogP) is 2.81. The molecule has 9 heteroatoms. The number of nitrogens with zero attached hydrogens (tertiary/aromatic N) is 2. The number of nitrogens with one attached hydrogen (secondary N) is 1. The molecule has 0 radical (unpaired) electrons.